The fraction of sp³-hybridized carbons (Fsp3) is 0.294. The Hall–Kier alpha value is -2.04. The number of para-hydroxylation sites is 2. The average Bonchev–Trinajstić information content (AvgIpc) is 2.54. The lowest BCUT2D eigenvalue weighted by molar-refractivity contribution is 0.00508. The number of aliphatic hydroxyl groups is 1. The molecule has 0 unspecified atom stereocenters. The molecule has 0 spiro atoms. The monoisotopic (exact) mass is 288 g/mol. The molecule has 0 saturated carbocycles. The Morgan fingerprint density at radius 1 is 0.905 bits per heavy atom. The Morgan fingerprint density at radius 3 is 2.29 bits per heavy atom. The van der Waals surface area contributed by atoms with E-state index in [1.807, 2.05) is 48.5 Å². The van der Waals surface area contributed by atoms with Crippen LogP contribution < -0.4 is 9.47 Å². The van der Waals surface area contributed by atoms with Gasteiger partial charge in [-0.1, -0.05) is 42.5 Å². The van der Waals surface area contributed by atoms with Crippen molar-refractivity contribution in [2.75, 3.05) is 20.3 Å². The maximum atomic E-state index is 9.86. The van der Waals surface area contributed by atoms with Crippen LogP contribution in [0.5, 0.6) is 11.5 Å². The highest BCUT2D eigenvalue weighted by atomic mass is 16.5. The van der Waals surface area contributed by atoms with Crippen molar-refractivity contribution in [1.29, 1.82) is 0 Å². The van der Waals surface area contributed by atoms with Crippen LogP contribution in [0, 0.1) is 0 Å². The highest BCUT2D eigenvalue weighted by molar-refractivity contribution is 5.39. The van der Waals surface area contributed by atoms with E-state index in [4.69, 9.17) is 14.2 Å². The SMILES string of the molecule is COc1ccccc1OC[C@@H](O)COCc1ccccc1. The molecular weight excluding hydrogens is 268 g/mol. The molecule has 0 aliphatic carbocycles. The summed E-state index contributed by atoms with van der Waals surface area (Å²) in [5.41, 5.74) is 1.08. The molecule has 0 amide bonds. The summed E-state index contributed by atoms with van der Waals surface area (Å²) in [7, 11) is 1.58. The lowest BCUT2D eigenvalue weighted by atomic mass is 10.2. The van der Waals surface area contributed by atoms with E-state index < -0.39 is 6.10 Å². The Morgan fingerprint density at radius 2 is 1.57 bits per heavy atom. The molecular formula is C17H20O4. The van der Waals surface area contributed by atoms with Gasteiger partial charge in [-0.2, -0.15) is 0 Å². The molecule has 1 atom stereocenters. The Bertz CT molecular complexity index is 527. The molecule has 4 nitrogen and oxygen atoms in total. The topological polar surface area (TPSA) is 47.9 Å². The summed E-state index contributed by atoms with van der Waals surface area (Å²) in [5.74, 6) is 1.26. The number of hydrogen-bond acceptors (Lipinski definition) is 4. The van der Waals surface area contributed by atoms with Gasteiger partial charge in [-0.25, -0.2) is 0 Å². The summed E-state index contributed by atoms with van der Waals surface area (Å²) < 4.78 is 16.2. The van der Waals surface area contributed by atoms with Crippen LogP contribution in [0.2, 0.25) is 0 Å². The molecule has 2 aromatic carbocycles. The van der Waals surface area contributed by atoms with Crippen molar-refractivity contribution in [3.05, 3.63) is 60.2 Å². The van der Waals surface area contributed by atoms with Gasteiger partial charge in [-0.15, -0.1) is 0 Å². The molecule has 0 heterocycles. The second-order valence-electron chi connectivity index (χ2n) is 4.62. The van der Waals surface area contributed by atoms with E-state index >= 15 is 0 Å². The minimum atomic E-state index is -0.682. The molecule has 2 rings (SSSR count). The molecule has 0 aliphatic rings. The van der Waals surface area contributed by atoms with E-state index in [1.54, 1.807) is 13.2 Å². The summed E-state index contributed by atoms with van der Waals surface area (Å²) in [4.78, 5) is 0. The first-order valence-electron chi connectivity index (χ1n) is 6.85. The minimum Gasteiger partial charge on any atom is -0.493 e. The number of methoxy groups -OCH3 is 1. The smallest absolute Gasteiger partial charge is 0.161 e. The predicted octanol–water partition coefficient (Wildman–Crippen LogP) is 2.65. The third-order valence-corrected chi connectivity index (χ3v) is 2.92. The normalized spacial score (nSPS) is 11.9. The lowest BCUT2D eigenvalue weighted by Gasteiger charge is -2.14. The summed E-state index contributed by atoms with van der Waals surface area (Å²) in [6.07, 6.45) is -0.682. The second kappa shape index (κ2) is 8.29. The van der Waals surface area contributed by atoms with E-state index in [1.165, 1.54) is 0 Å². The van der Waals surface area contributed by atoms with Crippen molar-refractivity contribution in [3.8, 4) is 11.5 Å². The zero-order valence-corrected chi connectivity index (χ0v) is 12.1. The van der Waals surface area contributed by atoms with Crippen molar-refractivity contribution in [1.82, 2.24) is 0 Å². The fourth-order valence-electron chi connectivity index (χ4n) is 1.86. The van der Waals surface area contributed by atoms with Gasteiger partial charge in [0.25, 0.3) is 0 Å². The van der Waals surface area contributed by atoms with Crippen LogP contribution in [0.25, 0.3) is 0 Å². The van der Waals surface area contributed by atoms with Gasteiger partial charge in [0.05, 0.1) is 20.3 Å². The maximum Gasteiger partial charge on any atom is 0.161 e. The molecule has 0 saturated heterocycles. The standard InChI is InChI=1S/C17H20O4/c1-19-16-9-5-6-10-17(16)21-13-15(18)12-20-11-14-7-3-2-4-8-14/h2-10,15,18H,11-13H2,1H3/t15-/m0/s1. The number of hydrogen-bond donors (Lipinski definition) is 1. The Kier molecular flexibility index (Phi) is 6.06. The highest BCUT2D eigenvalue weighted by Crippen LogP contribution is 2.25. The van der Waals surface area contributed by atoms with Crippen LogP contribution in [0.4, 0.5) is 0 Å². The van der Waals surface area contributed by atoms with Crippen molar-refractivity contribution in [3.63, 3.8) is 0 Å². The second-order valence-corrected chi connectivity index (χ2v) is 4.62. The zero-order valence-electron chi connectivity index (χ0n) is 12.1. The molecule has 0 fully saturated rings. The lowest BCUT2D eigenvalue weighted by Crippen LogP contribution is -2.23. The summed E-state index contributed by atoms with van der Waals surface area (Å²) in [6.45, 7) is 0.867. The molecule has 21 heavy (non-hydrogen) atoms. The number of aliphatic hydroxyl groups excluding tert-OH is 1. The van der Waals surface area contributed by atoms with Gasteiger partial charge in [-0.3, -0.25) is 0 Å². The minimum absolute atomic E-state index is 0.162. The molecule has 2 aromatic rings. The van der Waals surface area contributed by atoms with Crippen LogP contribution >= 0.6 is 0 Å². The molecule has 0 radical (unpaired) electrons. The van der Waals surface area contributed by atoms with E-state index in [9.17, 15) is 5.11 Å². The number of benzene rings is 2. The molecule has 0 aliphatic heterocycles. The first-order chi connectivity index (χ1) is 10.3. The summed E-state index contributed by atoms with van der Waals surface area (Å²) in [6, 6.07) is 17.2. The van der Waals surface area contributed by atoms with Gasteiger partial charge in [-0.05, 0) is 17.7 Å². The van der Waals surface area contributed by atoms with Gasteiger partial charge < -0.3 is 19.3 Å². The molecule has 0 bridgehead atoms. The largest absolute Gasteiger partial charge is 0.493 e. The maximum absolute atomic E-state index is 9.86. The molecule has 4 heteroatoms. The molecule has 112 valence electrons. The first-order valence-corrected chi connectivity index (χ1v) is 6.85. The first kappa shape index (κ1) is 15.4. The van der Waals surface area contributed by atoms with Crippen molar-refractivity contribution < 1.29 is 19.3 Å². The van der Waals surface area contributed by atoms with E-state index in [0.29, 0.717) is 18.1 Å². The van der Waals surface area contributed by atoms with Crippen molar-refractivity contribution >= 4 is 0 Å². The van der Waals surface area contributed by atoms with E-state index in [0.717, 1.165) is 5.56 Å². The highest BCUT2D eigenvalue weighted by Gasteiger charge is 2.08. The van der Waals surface area contributed by atoms with Crippen molar-refractivity contribution in [2.24, 2.45) is 0 Å². The number of ether oxygens (including phenoxy) is 3. The fourth-order valence-corrected chi connectivity index (χ4v) is 1.86. The van der Waals surface area contributed by atoms with Crippen LogP contribution in [0.15, 0.2) is 54.6 Å². The third kappa shape index (κ3) is 5.10. The predicted molar refractivity (Wildman–Crippen MR) is 80.6 cm³/mol. The third-order valence-electron chi connectivity index (χ3n) is 2.92. The van der Waals surface area contributed by atoms with Crippen LogP contribution in [-0.4, -0.2) is 31.5 Å². The molecule has 0 aromatic heterocycles. The van der Waals surface area contributed by atoms with Gasteiger partial charge in [0.1, 0.15) is 12.7 Å². The average molecular weight is 288 g/mol. The Balaban J connectivity index is 1.71. The van der Waals surface area contributed by atoms with Gasteiger partial charge >= 0.3 is 0 Å². The number of rotatable bonds is 8. The van der Waals surface area contributed by atoms with Gasteiger partial charge in [0, 0.05) is 0 Å². The van der Waals surface area contributed by atoms with Crippen LogP contribution in [0.3, 0.4) is 0 Å². The Labute approximate surface area is 124 Å². The van der Waals surface area contributed by atoms with Gasteiger partial charge in [0.15, 0.2) is 11.5 Å². The van der Waals surface area contributed by atoms with Crippen LogP contribution in [0.1, 0.15) is 5.56 Å². The van der Waals surface area contributed by atoms with Crippen molar-refractivity contribution in [2.45, 2.75) is 12.7 Å². The zero-order chi connectivity index (χ0) is 14.9. The van der Waals surface area contributed by atoms with E-state index in [-0.39, 0.29) is 13.2 Å². The summed E-state index contributed by atoms with van der Waals surface area (Å²) >= 11 is 0. The van der Waals surface area contributed by atoms with Gasteiger partial charge in [0.2, 0.25) is 0 Å². The van der Waals surface area contributed by atoms with Crippen LogP contribution in [-0.2, 0) is 11.3 Å². The van der Waals surface area contributed by atoms with E-state index in [2.05, 4.69) is 0 Å². The summed E-state index contributed by atoms with van der Waals surface area (Å²) in [5, 5.41) is 9.86. The quantitative estimate of drug-likeness (QED) is 0.811. The molecule has 1 N–H and O–H groups in total.